The Morgan fingerprint density at radius 3 is 2.62 bits per heavy atom. The van der Waals surface area contributed by atoms with E-state index in [0.717, 1.165) is 25.3 Å². The second-order valence-corrected chi connectivity index (χ2v) is 5.59. The standard InChI is InChI=1S/C19H25NO/c1-4-12-21-17-9-7-8-16(13-17)14-20-19-11-6-5-10-18(19)15(2)3/h5-11,13,15,20H,4,12,14H2,1-3H3. The van der Waals surface area contributed by atoms with Gasteiger partial charge in [0.05, 0.1) is 6.61 Å². The maximum absolute atomic E-state index is 5.68. The second kappa shape index (κ2) is 7.72. The molecule has 0 aromatic heterocycles. The van der Waals surface area contributed by atoms with Crippen molar-refractivity contribution in [3.05, 3.63) is 59.7 Å². The van der Waals surface area contributed by atoms with Crippen molar-refractivity contribution < 1.29 is 4.74 Å². The average molecular weight is 283 g/mol. The molecule has 0 spiro atoms. The van der Waals surface area contributed by atoms with Gasteiger partial charge in [0.15, 0.2) is 0 Å². The van der Waals surface area contributed by atoms with Crippen LogP contribution in [0.25, 0.3) is 0 Å². The quantitative estimate of drug-likeness (QED) is 0.753. The maximum atomic E-state index is 5.68. The number of hydrogen-bond donors (Lipinski definition) is 1. The fraction of sp³-hybridized carbons (Fsp3) is 0.368. The minimum Gasteiger partial charge on any atom is -0.494 e. The highest BCUT2D eigenvalue weighted by molar-refractivity contribution is 5.53. The van der Waals surface area contributed by atoms with Crippen LogP contribution in [0.1, 0.15) is 44.2 Å². The van der Waals surface area contributed by atoms with Gasteiger partial charge in [-0.3, -0.25) is 0 Å². The van der Waals surface area contributed by atoms with Crippen molar-refractivity contribution in [2.75, 3.05) is 11.9 Å². The topological polar surface area (TPSA) is 21.3 Å². The van der Waals surface area contributed by atoms with Crippen LogP contribution in [0.15, 0.2) is 48.5 Å². The molecular formula is C19H25NO. The number of nitrogens with one attached hydrogen (secondary N) is 1. The molecule has 0 saturated carbocycles. The van der Waals surface area contributed by atoms with Crippen molar-refractivity contribution in [2.24, 2.45) is 0 Å². The summed E-state index contributed by atoms with van der Waals surface area (Å²) in [5.41, 5.74) is 3.81. The van der Waals surface area contributed by atoms with Crippen LogP contribution in [-0.2, 0) is 6.54 Å². The lowest BCUT2D eigenvalue weighted by atomic mass is 10.0. The maximum Gasteiger partial charge on any atom is 0.119 e. The first kappa shape index (κ1) is 15.4. The van der Waals surface area contributed by atoms with E-state index in [1.807, 2.05) is 6.07 Å². The minimum atomic E-state index is 0.521. The first-order valence-corrected chi connectivity index (χ1v) is 7.75. The van der Waals surface area contributed by atoms with E-state index in [9.17, 15) is 0 Å². The van der Waals surface area contributed by atoms with Crippen LogP contribution >= 0.6 is 0 Å². The normalized spacial score (nSPS) is 10.7. The van der Waals surface area contributed by atoms with Gasteiger partial charge in [0.2, 0.25) is 0 Å². The Labute approximate surface area is 128 Å². The molecule has 0 aliphatic rings. The molecule has 0 amide bonds. The molecule has 0 radical (unpaired) electrons. The summed E-state index contributed by atoms with van der Waals surface area (Å²) < 4.78 is 5.68. The Hall–Kier alpha value is -1.96. The van der Waals surface area contributed by atoms with Crippen molar-refractivity contribution in [3.8, 4) is 5.75 Å². The molecule has 2 heteroatoms. The van der Waals surface area contributed by atoms with E-state index in [4.69, 9.17) is 4.74 Å². The number of benzene rings is 2. The third-order valence-electron chi connectivity index (χ3n) is 3.44. The van der Waals surface area contributed by atoms with E-state index in [2.05, 4.69) is 68.6 Å². The van der Waals surface area contributed by atoms with Gasteiger partial charge in [-0.15, -0.1) is 0 Å². The molecule has 2 nitrogen and oxygen atoms in total. The fourth-order valence-corrected chi connectivity index (χ4v) is 2.32. The summed E-state index contributed by atoms with van der Waals surface area (Å²) in [5.74, 6) is 1.47. The van der Waals surface area contributed by atoms with E-state index in [1.165, 1.54) is 16.8 Å². The molecular weight excluding hydrogens is 258 g/mol. The van der Waals surface area contributed by atoms with Crippen LogP contribution in [0.3, 0.4) is 0 Å². The van der Waals surface area contributed by atoms with Gasteiger partial charge in [0.1, 0.15) is 5.75 Å². The van der Waals surface area contributed by atoms with Crippen molar-refractivity contribution in [1.29, 1.82) is 0 Å². The molecule has 0 bridgehead atoms. The SMILES string of the molecule is CCCOc1cccc(CNc2ccccc2C(C)C)c1. The Bertz CT molecular complexity index is 563. The van der Waals surface area contributed by atoms with E-state index in [1.54, 1.807) is 0 Å². The highest BCUT2D eigenvalue weighted by Gasteiger charge is 2.05. The molecule has 0 aliphatic carbocycles. The Morgan fingerprint density at radius 2 is 1.86 bits per heavy atom. The first-order chi connectivity index (χ1) is 10.2. The first-order valence-electron chi connectivity index (χ1n) is 7.75. The van der Waals surface area contributed by atoms with Crippen LogP contribution < -0.4 is 10.1 Å². The second-order valence-electron chi connectivity index (χ2n) is 5.59. The zero-order valence-corrected chi connectivity index (χ0v) is 13.2. The molecule has 112 valence electrons. The molecule has 0 fully saturated rings. The smallest absolute Gasteiger partial charge is 0.119 e. The predicted octanol–water partition coefficient (Wildman–Crippen LogP) is 5.21. The lowest BCUT2D eigenvalue weighted by molar-refractivity contribution is 0.317. The molecule has 21 heavy (non-hydrogen) atoms. The number of para-hydroxylation sites is 1. The Kier molecular flexibility index (Phi) is 5.68. The van der Waals surface area contributed by atoms with Crippen molar-refractivity contribution in [2.45, 2.75) is 39.7 Å². The summed E-state index contributed by atoms with van der Waals surface area (Å²) in [6.07, 6.45) is 1.03. The third kappa shape index (κ3) is 4.52. The minimum absolute atomic E-state index is 0.521. The molecule has 0 saturated heterocycles. The van der Waals surface area contributed by atoms with Crippen molar-refractivity contribution in [3.63, 3.8) is 0 Å². The van der Waals surface area contributed by atoms with E-state index < -0.39 is 0 Å². The lowest BCUT2D eigenvalue weighted by Gasteiger charge is -2.15. The van der Waals surface area contributed by atoms with Crippen LogP contribution in [0.4, 0.5) is 5.69 Å². The largest absolute Gasteiger partial charge is 0.494 e. The lowest BCUT2D eigenvalue weighted by Crippen LogP contribution is -2.04. The van der Waals surface area contributed by atoms with Crippen LogP contribution in [0.5, 0.6) is 5.75 Å². The molecule has 0 heterocycles. The van der Waals surface area contributed by atoms with Gasteiger partial charge in [-0.2, -0.15) is 0 Å². The Balaban J connectivity index is 2.03. The number of rotatable bonds is 7. The molecule has 2 aromatic rings. The van der Waals surface area contributed by atoms with Gasteiger partial charge in [-0.1, -0.05) is 51.1 Å². The summed E-state index contributed by atoms with van der Waals surface area (Å²) in [6, 6.07) is 16.8. The predicted molar refractivity (Wildman–Crippen MR) is 90.1 cm³/mol. The summed E-state index contributed by atoms with van der Waals surface area (Å²) in [5, 5.41) is 3.54. The Morgan fingerprint density at radius 1 is 1.05 bits per heavy atom. The monoisotopic (exact) mass is 283 g/mol. The average Bonchev–Trinajstić information content (AvgIpc) is 2.51. The third-order valence-corrected chi connectivity index (χ3v) is 3.44. The number of ether oxygens (including phenoxy) is 1. The molecule has 0 aliphatic heterocycles. The number of anilines is 1. The van der Waals surface area contributed by atoms with Gasteiger partial charge >= 0.3 is 0 Å². The highest BCUT2D eigenvalue weighted by Crippen LogP contribution is 2.24. The molecule has 2 aromatic carbocycles. The number of hydrogen-bond acceptors (Lipinski definition) is 2. The fourth-order valence-electron chi connectivity index (χ4n) is 2.32. The van der Waals surface area contributed by atoms with Gasteiger partial charge in [0, 0.05) is 12.2 Å². The zero-order chi connectivity index (χ0) is 15.1. The van der Waals surface area contributed by atoms with Gasteiger partial charge in [-0.25, -0.2) is 0 Å². The zero-order valence-electron chi connectivity index (χ0n) is 13.2. The highest BCUT2D eigenvalue weighted by atomic mass is 16.5. The summed E-state index contributed by atoms with van der Waals surface area (Å²) in [4.78, 5) is 0. The molecule has 0 unspecified atom stereocenters. The summed E-state index contributed by atoms with van der Waals surface area (Å²) in [6.45, 7) is 8.15. The van der Waals surface area contributed by atoms with Gasteiger partial charge in [0.25, 0.3) is 0 Å². The van der Waals surface area contributed by atoms with Crippen LogP contribution in [-0.4, -0.2) is 6.61 Å². The van der Waals surface area contributed by atoms with E-state index in [-0.39, 0.29) is 0 Å². The van der Waals surface area contributed by atoms with Crippen LogP contribution in [0.2, 0.25) is 0 Å². The van der Waals surface area contributed by atoms with Gasteiger partial charge < -0.3 is 10.1 Å². The van der Waals surface area contributed by atoms with E-state index >= 15 is 0 Å². The summed E-state index contributed by atoms with van der Waals surface area (Å²) in [7, 11) is 0. The van der Waals surface area contributed by atoms with Crippen LogP contribution in [0, 0.1) is 0 Å². The molecule has 2 rings (SSSR count). The van der Waals surface area contributed by atoms with Crippen molar-refractivity contribution in [1.82, 2.24) is 0 Å². The molecule has 1 N–H and O–H groups in total. The molecule has 0 atom stereocenters. The van der Waals surface area contributed by atoms with E-state index in [0.29, 0.717) is 5.92 Å². The van der Waals surface area contributed by atoms with Gasteiger partial charge in [-0.05, 0) is 41.7 Å². The van der Waals surface area contributed by atoms with Crippen molar-refractivity contribution >= 4 is 5.69 Å². The summed E-state index contributed by atoms with van der Waals surface area (Å²) >= 11 is 0.